The topological polar surface area (TPSA) is 104 Å². The highest BCUT2D eigenvalue weighted by atomic mass is 32.2. The Morgan fingerprint density at radius 1 is 1.23 bits per heavy atom. The minimum Gasteiger partial charge on any atom is -0.454 e. The van der Waals surface area contributed by atoms with Crippen molar-refractivity contribution in [3.63, 3.8) is 0 Å². The highest BCUT2D eigenvalue weighted by molar-refractivity contribution is 7.98. The van der Waals surface area contributed by atoms with E-state index in [9.17, 15) is 9.59 Å². The molecule has 30 heavy (non-hydrogen) atoms. The van der Waals surface area contributed by atoms with Gasteiger partial charge in [-0.3, -0.25) is 9.59 Å². The molecule has 1 fully saturated rings. The summed E-state index contributed by atoms with van der Waals surface area (Å²) in [6, 6.07) is 5.06. The van der Waals surface area contributed by atoms with Crippen LogP contribution in [0.1, 0.15) is 34.5 Å². The summed E-state index contributed by atoms with van der Waals surface area (Å²) in [4.78, 5) is 25.3. The Hall–Kier alpha value is -2.72. The maximum atomic E-state index is 12.9. The second kappa shape index (κ2) is 8.19. The third-order valence-electron chi connectivity index (χ3n) is 5.33. The molecule has 158 valence electrons. The van der Waals surface area contributed by atoms with Gasteiger partial charge < -0.3 is 24.8 Å². The van der Waals surface area contributed by atoms with Crippen molar-refractivity contribution >= 4 is 29.4 Å². The van der Waals surface area contributed by atoms with Gasteiger partial charge in [-0.2, -0.15) is 16.9 Å². The van der Waals surface area contributed by atoms with Crippen molar-refractivity contribution in [2.45, 2.75) is 37.0 Å². The Balaban J connectivity index is 1.30. The molecular formula is C20H22N4O5S. The molecule has 2 aromatic rings. The molecule has 3 aliphatic rings. The number of hydrogen-bond acceptors (Lipinski definition) is 7. The second-order valence-electron chi connectivity index (χ2n) is 7.39. The largest absolute Gasteiger partial charge is 0.454 e. The fourth-order valence-electron chi connectivity index (χ4n) is 3.76. The summed E-state index contributed by atoms with van der Waals surface area (Å²) in [6.07, 6.45) is 2.07. The van der Waals surface area contributed by atoms with Crippen LogP contribution < -0.4 is 20.1 Å². The molecule has 1 aromatic heterocycles. The number of amides is 2. The third kappa shape index (κ3) is 3.84. The molecule has 9 nitrogen and oxygen atoms in total. The van der Waals surface area contributed by atoms with Gasteiger partial charge >= 0.3 is 0 Å². The van der Waals surface area contributed by atoms with Gasteiger partial charge in [0, 0.05) is 35.8 Å². The minimum atomic E-state index is -0.283. The standard InChI is InChI=1S/C20H22N4O5S/c25-18(21-7-13-2-1-5-27-13)8-24-19(14-9-30-10-15(14)23-24)22-20(26)12-3-4-16-17(6-12)29-11-28-16/h3-4,6,13H,1-2,5,7-11H2,(H,21,25)(H,22,26)/t13-/m0/s1. The molecule has 1 aromatic carbocycles. The summed E-state index contributed by atoms with van der Waals surface area (Å²) in [5.41, 5.74) is 2.34. The number of hydrogen-bond donors (Lipinski definition) is 2. The molecule has 1 atom stereocenters. The molecule has 2 amide bonds. The zero-order valence-electron chi connectivity index (χ0n) is 16.3. The molecule has 0 spiro atoms. The van der Waals surface area contributed by atoms with E-state index in [2.05, 4.69) is 15.7 Å². The van der Waals surface area contributed by atoms with E-state index in [1.165, 1.54) is 0 Å². The lowest BCUT2D eigenvalue weighted by molar-refractivity contribution is -0.122. The Labute approximate surface area is 177 Å². The van der Waals surface area contributed by atoms with Crippen LogP contribution in [0, 0.1) is 0 Å². The molecule has 5 rings (SSSR count). The van der Waals surface area contributed by atoms with Gasteiger partial charge in [-0.05, 0) is 31.0 Å². The van der Waals surface area contributed by atoms with Crippen LogP contribution in [0.25, 0.3) is 0 Å². The van der Waals surface area contributed by atoms with Crippen LogP contribution in [0.2, 0.25) is 0 Å². The van der Waals surface area contributed by atoms with Crippen LogP contribution in [0.3, 0.4) is 0 Å². The van der Waals surface area contributed by atoms with Gasteiger partial charge in [-0.1, -0.05) is 0 Å². The number of thioether (sulfide) groups is 1. The highest BCUT2D eigenvalue weighted by Gasteiger charge is 2.26. The highest BCUT2D eigenvalue weighted by Crippen LogP contribution is 2.36. The first-order valence-corrected chi connectivity index (χ1v) is 11.1. The molecule has 0 radical (unpaired) electrons. The fourth-order valence-corrected chi connectivity index (χ4v) is 4.80. The van der Waals surface area contributed by atoms with E-state index in [1.54, 1.807) is 34.6 Å². The molecule has 0 saturated carbocycles. The number of anilines is 1. The first-order chi connectivity index (χ1) is 14.7. The zero-order chi connectivity index (χ0) is 20.5. The van der Waals surface area contributed by atoms with Crippen LogP contribution in [0.4, 0.5) is 5.82 Å². The maximum Gasteiger partial charge on any atom is 0.256 e. The van der Waals surface area contributed by atoms with E-state index in [4.69, 9.17) is 14.2 Å². The molecule has 1 saturated heterocycles. The lowest BCUT2D eigenvalue weighted by Gasteiger charge is -2.13. The first-order valence-electron chi connectivity index (χ1n) is 9.93. The minimum absolute atomic E-state index is 0.0428. The van der Waals surface area contributed by atoms with E-state index in [0.29, 0.717) is 29.4 Å². The van der Waals surface area contributed by atoms with Crippen LogP contribution in [0.15, 0.2) is 18.2 Å². The van der Waals surface area contributed by atoms with Crippen LogP contribution >= 0.6 is 11.8 Å². The van der Waals surface area contributed by atoms with Crippen LogP contribution in [0.5, 0.6) is 11.5 Å². The summed E-state index contributed by atoms with van der Waals surface area (Å²) in [7, 11) is 0. The van der Waals surface area contributed by atoms with Gasteiger partial charge in [0.1, 0.15) is 12.4 Å². The Kier molecular flexibility index (Phi) is 5.26. The molecule has 4 heterocycles. The van der Waals surface area contributed by atoms with Gasteiger partial charge in [0.25, 0.3) is 5.91 Å². The quantitative estimate of drug-likeness (QED) is 0.721. The second-order valence-corrected chi connectivity index (χ2v) is 8.37. The molecule has 0 unspecified atom stereocenters. The average molecular weight is 430 g/mol. The van der Waals surface area contributed by atoms with E-state index in [1.807, 2.05) is 0 Å². The van der Waals surface area contributed by atoms with Gasteiger partial charge in [0.05, 0.1) is 11.8 Å². The van der Waals surface area contributed by atoms with E-state index < -0.39 is 0 Å². The smallest absolute Gasteiger partial charge is 0.256 e. The van der Waals surface area contributed by atoms with Crippen molar-refractivity contribution in [1.82, 2.24) is 15.1 Å². The van der Waals surface area contributed by atoms with Crippen molar-refractivity contribution in [3.05, 3.63) is 35.0 Å². The third-order valence-corrected chi connectivity index (χ3v) is 6.30. The number of carbonyl (C=O) groups is 2. The van der Waals surface area contributed by atoms with Gasteiger partial charge in [-0.25, -0.2) is 4.68 Å². The Morgan fingerprint density at radius 2 is 2.13 bits per heavy atom. The normalized spacial score (nSPS) is 19.0. The van der Waals surface area contributed by atoms with Crippen molar-refractivity contribution in [1.29, 1.82) is 0 Å². The van der Waals surface area contributed by atoms with Crippen LogP contribution in [-0.2, 0) is 27.6 Å². The monoisotopic (exact) mass is 430 g/mol. The molecule has 3 aliphatic heterocycles. The van der Waals surface area contributed by atoms with Crippen molar-refractivity contribution in [2.75, 3.05) is 25.3 Å². The summed E-state index contributed by atoms with van der Waals surface area (Å²) in [5, 5.41) is 10.4. The fraction of sp³-hybridized carbons (Fsp3) is 0.450. The van der Waals surface area contributed by atoms with E-state index in [-0.39, 0.29) is 31.3 Å². The summed E-state index contributed by atoms with van der Waals surface area (Å²) in [5.74, 6) is 2.83. The Bertz CT molecular complexity index is 986. The molecular weight excluding hydrogens is 408 g/mol. The van der Waals surface area contributed by atoms with Crippen molar-refractivity contribution < 1.29 is 23.8 Å². The molecule has 0 aliphatic carbocycles. The van der Waals surface area contributed by atoms with E-state index >= 15 is 0 Å². The maximum absolute atomic E-state index is 12.9. The zero-order valence-corrected chi connectivity index (χ0v) is 17.1. The number of benzene rings is 1. The Morgan fingerprint density at radius 3 is 3.00 bits per heavy atom. The van der Waals surface area contributed by atoms with Crippen LogP contribution in [-0.4, -0.2) is 47.6 Å². The number of nitrogens with zero attached hydrogens (tertiary/aromatic N) is 2. The SMILES string of the molecule is O=C(Cn1nc2c(c1NC(=O)c1ccc3c(c1)OCO3)CSC2)NC[C@@H]1CCCO1. The van der Waals surface area contributed by atoms with Crippen molar-refractivity contribution in [2.24, 2.45) is 0 Å². The van der Waals surface area contributed by atoms with E-state index in [0.717, 1.165) is 42.2 Å². The lowest BCUT2D eigenvalue weighted by Crippen LogP contribution is -2.34. The molecule has 10 heteroatoms. The summed E-state index contributed by atoms with van der Waals surface area (Å²) >= 11 is 1.74. The predicted molar refractivity (Wildman–Crippen MR) is 110 cm³/mol. The van der Waals surface area contributed by atoms with Crippen molar-refractivity contribution in [3.8, 4) is 11.5 Å². The number of carbonyl (C=O) groups excluding carboxylic acids is 2. The average Bonchev–Trinajstić information content (AvgIpc) is 3.52. The number of ether oxygens (including phenoxy) is 3. The summed E-state index contributed by atoms with van der Waals surface area (Å²) in [6.45, 7) is 1.44. The van der Waals surface area contributed by atoms with Gasteiger partial charge in [0.15, 0.2) is 11.5 Å². The summed E-state index contributed by atoms with van der Waals surface area (Å²) < 4.78 is 17.8. The van der Waals surface area contributed by atoms with Gasteiger partial charge in [0.2, 0.25) is 12.7 Å². The van der Waals surface area contributed by atoms with Gasteiger partial charge in [-0.15, -0.1) is 0 Å². The number of fused-ring (bicyclic) bond motifs is 2. The number of rotatable bonds is 6. The molecule has 2 N–H and O–H groups in total. The predicted octanol–water partition coefficient (Wildman–Crippen LogP) is 1.91. The molecule has 0 bridgehead atoms. The first kappa shape index (κ1) is 19.3. The number of aromatic nitrogens is 2. The lowest BCUT2D eigenvalue weighted by atomic mass is 10.2. The number of nitrogens with one attached hydrogen (secondary N) is 2.